The summed E-state index contributed by atoms with van der Waals surface area (Å²) >= 11 is 6.05. The Morgan fingerprint density at radius 2 is 1.68 bits per heavy atom. The minimum Gasteiger partial charge on any atom is -0.265 e. The van der Waals surface area contributed by atoms with Crippen LogP contribution in [0.1, 0.15) is 34.1 Å². The molecular formula is C24H16ClFN4O. The van der Waals surface area contributed by atoms with Crippen LogP contribution >= 0.6 is 11.6 Å². The number of carbonyl (C=O) groups excluding carboxylic acids is 1. The molecule has 2 heterocycles. The number of para-hydroxylation sites is 2. The zero-order valence-electron chi connectivity index (χ0n) is 16.2. The van der Waals surface area contributed by atoms with E-state index in [0.29, 0.717) is 28.2 Å². The summed E-state index contributed by atoms with van der Waals surface area (Å²) in [4.78, 5) is 22.2. The molecular weight excluding hydrogens is 415 g/mol. The van der Waals surface area contributed by atoms with Crippen LogP contribution in [0.15, 0.2) is 84.1 Å². The topological polar surface area (TPSA) is 58.5 Å². The number of benzene rings is 3. The van der Waals surface area contributed by atoms with Crippen LogP contribution in [-0.4, -0.2) is 26.6 Å². The summed E-state index contributed by atoms with van der Waals surface area (Å²) in [5, 5.41) is 6.64. The lowest BCUT2D eigenvalue weighted by molar-refractivity contribution is 0.0705. The van der Waals surface area contributed by atoms with Gasteiger partial charge in [-0.05, 0) is 47.5 Å². The average molecular weight is 431 g/mol. The molecule has 0 fully saturated rings. The molecule has 1 unspecified atom stereocenters. The molecule has 0 radical (unpaired) electrons. The number of aromatic nitrogens is 2. The largest absolute Gasteiger partial charge is 0.294 e. The standard InChI is InChI=1S/C24H16ClFN4O/c25-17-9-5-16(6-10-17)23-13-21(15-7-11-18(26)12-8-15)29-30(23)24(31)22-14-27-19-3-1-2-4-20(19)28-22/h1-12,14,23H,13H2. The predicted molar refractivity (Wildman–Crippen MR) is 117 cm³/mol. The fourth-order valence-electron chi connectivity index (χ4n) is 3.64. The monoisotopic (exact) mass is 430 g/mol. The van der Waals surface area contributed by atoms with Crippen LogP contribution < -0.4 is 0 Å². The molecule has 31 heavy (non-hydrogen) atoms. The number of carbonyl (C=O) groups is 1. The lowest BCUT2D eigenvalue weighted by atomic mass is 9.98. The van der Waals surface area contributed by atoms with Crippen LogP contribution in [0.4, 0.5) is 4.39 Å². The first-order valence-electron chi connectivity index (χ1n) is 9.73. The Hall–Kier alpha value is -3.64. The van der Waals surface area contributed by atoms with Gasteiger partial charge in [-0.25, -0.2) is 14.4 Å². The molecule has 1 aromatic heterocycles. The molecule has 1 aliphatic heterocycles. The van der Waals surface area contributed by atoms with E-state index in [2.05, 4.69) is 15.1 Å². The minimum atomic E-state index is -0.352. The van der Waals surface area contributed by atoms with Gasteiger partial charge in [0.2, 0.25) is 0 Å². The Bertz CT molecular complexity index is 1310. The average Bonchev–Trinajstić information content (AvgIpc) is 3.24. The second-order valence-electron chi connectivity index (χ2n) is 7.22. The summed E-state index contributed by atoms with van der Waals surface area (Å²) in [5.74, 6) is -0.675. The van der Waals surface area contributed by atoms with Gasteiger partial charge in [0.1, 0.15) is 11.5 Å². The molecule has 0 aliphatic carbocycles. The molecule has 5 nitrogen and oxygen atoms in total. The molecule has 0 saturated heterocycles. The first kappa shape index (κ1) is 19.3. The number of fused-ring (bicyclic) bond motifs is 1. The molecule has 0 saturated carbocycles. The molecule has 152 valence electrons. The van der Waals surface area contributed by atoms with E-state index < -0.39 is 0 Å². The molecule has 0 spiro atoms. The molecule has 5 rings (SSSR count). The fourth-order valence-corrected chi connectivity index (χ4v) is 3.76. The van der Waals surface area contributed by atoms with Gasteiger partial charge in [-0.3, -0.25) is 9.78 Å². The Morgan fingerprint density at radius 3 is 2.42 bits per heavy atom. The van der Waals surface area contributed by atoms with Crippen LogP contribution in [0.25, 0.3) is 11.0 Å². The second kappa shape index (κ2) is 7.89. The van der Waals surface area contributed by atoms with E-state index in [4.69, 9.17) is 11.6 Å². The SMILES string of the molecule is O=C(c1cnc2ccccc2n1)N1N=C(c2ccc(F)cc2)CC1c1ccc(Cl)cc1. The van der Waals surface area contributed by atoms with E-state index in [1.165, 1.54) is 23.3 Å². The van der Waals surface area contributed by atoms with Crippen molar-refractivity contribution in [1.82, 2.24) is 15.0 Å². The van der Waals surface area contributed by atoms with Crippen LogP contribution in [0.2, 0.25) is 5.02 Å². The van der Waals surface area contributed by atoms with Gasteiger partial charge in [0.25, 0.3) is 5.91 Å². The van der Waals surface area contributed by atoms with Gasteiger partial charge in [0, 0.05) is 11.4 Å². The third-order valence-electron chi connectivity index (χ3n) is 5.22. The third-order valence-corrected chi connectivity index (χ3v) is 5.47. The number of amides is 1. The zero-order chi connectivity index (χ0) is 21.4. The Morgan fingerprint density at radius 1 is 0.968 bits per heavy atom. The molecule has 1 amide bonds. The maximum Gasteiger partial charge on any atom is 0.294 e. The highest BCUT2D eigenvalue weighted by atomic mass is 35.5. The van der Waals surface area contributed by atoms with Crippen LogP contribution in [0.5, 0.6) is 0 Å². The number of nitrogens with zero attached hydrogens (tertiary/aromatic N) is 4. The van der Waals surface area contributed by atoms with Crippen LogP contribution in [0, 0.1) is 5.82 Å². The van der Waals surface area contributed by atoms with Crippen molar-refractivity contribution in [3.8, 4) is 0 Å². The van der Waals surface area contributed by atoms with Gasteiger partial charge < -0.3 is 0 Å². The fraction of sp³-hybridized carbons (Fsp3) is 0.0833. The van der Waals surface area contributed by atoms with Gasteiger partial charge in [0.05, 0.1) is 29.0 Å². The van der Waals surface area contributed by atoms with Crippen molar-refractivity contribution in [2.75, 3.05) is 0 Å². The highest BCUT2D eigenvalue weighted by Gasteiger charge is 2.34. The van der Waals surface area contributed by atoms with Gasteiger partial charge in [-0.2, -0.15) is 5.10 Å². The molecule has 1 aliphatic rings. The van der Waals surface area contributed by atoms with Crippen LogP contribution in [-0.2, 0) is 0 Å². The number of hydrazone groups is 1. The Labute approximate surface area is 182 Å². The normalized spacial score (nSPS) is 15.9. The zero-order valence-corrected chi connectivity index (χ0v) is 17.0. The predicted octanol–water partition coefficient (Wildman–Crippen LogP) is 5.41. The summed E-state index contributed by atoms with van der Waals surface area (Å²) < 4.78 is 13.4. The van der Waals surface area contributed by atoms with Crippen molar-refractivity contribution in [1.29, 1.82) is 0 Å². The van der Waals surface area contributed by atoms with Crippen molar-refractivity contribution in [2.24, 2.45) is 5.10 Å². The Balaban J connectivity index is 1.55. The molecule has 7 heteroatoms. The van der Waals surface area contributed by atoms with Crippen molar-refractivity contribution < 1.29 is 9.18 Å². The summed E-state index contributed by atoms with van der Waals surface area (Å²) in [6.45, 7) is 0. The van der Waals surface area contributed by atoms with Crippen molar-refractivity contribution in [2.45, 2.75) is 12.5 Å². The highest BCUT2D eigenvalue weighted by Crippen LogP contribution is 2.34. The summed E-state index contributed by atoms with van der Waals surface area (Å²) in [6.07, 6.45) is 1.95. The van der Waals surface area contributed by atoms with Gasteiger partial charge >= 0.3 is 0 Å². The second-order valence-corrected chi connectivity index (χ2v) is 7.66. The minimum absolute atomic E-state index is 0.210. The van der Waals surface area contributed by atoms with Crippen molar-refractivity contribution in [3.05, 3.63) is 107 Å². The van der Waals surface area contributed by atoms with E-state index in [1.807, 2.05) is 36.4 Å². The molecule has 0 bridgehead atoms. The van der Waals surface area contributed by atoms with Gasteiger partial charge in [-0.15, -0.1) is 0 Å². The number of hydrogen-bond donors (Lipinski definition) is 0. The molecule has 1 atom stereocenters. The summed E-state index contributed by atoms with van der Waals surface area (Å²) in [5.41, 5.74) is 3.92. The van der Waals surface area contributed by atoms with Gasteiger partial charge in [0.15, 0.2) is 0 Å². The molecule has 3 aromatic carbocycles. The Kier molecular flexibility index (Phi) is 4.92. The smallest absolute Gasteiger partial charge is 0.265 e. The number of hydrogen-bond acceptors (Lipinski definition) is 4. The first-order chi connectivity index (χ1) is 15.1. The maximum absolute atomic E-state index is 13.4. The molecule has 4 aromatic rings. The van der Waals surface area contributed by atoms with Crippen molar-refractivity contribution >= 4 is 34.3 Å². The number of halogens is 2. The van der Waals surface area contributed by atoms with Crippen LogP contribution in [0.3, 0.4) is 0 Å². The quantitative estimate of drug-likeness (QED) is 0.436. The van der Waals surface area contributed by atoms with E-state index in [1.54, 1.807) is 24.3 Å². The lowest BCUT2D eigenvalue weighted by Gasteiger charge is -2.21. The highest BCUT2D eigenvalue weighted by molar-refractivity contribution is 6.30. The van der Waals surface area contributed by atoms with E-state index in [-0.39, 0.29) is 23.5 Å². The number of rotatable bonds is 3. The van der Waals surface area contributed by atoms with E-state index >= 15 is 0 Å². The van der Waals surface area contributed by atoms with E-state index in [0.717, 1.165) is 11.1 Å². The van der Waals surface area contributed by atoms with Crippen molar-refractivity contribution in [3.63, 3.8) is 0 Å². The summed E-state index contributed by atoms with van der Waals surface area (Å²) in [6, 6.07) is 20.5. The third kappa shape index (κ3) is 3.78. The van der Waals surface area contributed by atoms with Gasteiger partial charge in [-0.1, -0.05) is 48.0 Å². The van der Waals surface area contributed by atoms with E-state index in [9.17, 15) is 9.18 Å². The lowest BCUT2D eigenvalue weighted by Crippen LogP contribution is -2.28. The summed E-state index contributed by atoms with van der Waals surface area (Å²) in [7, 11) is 0. The molecule has 0 N–H and O–H groups in total. The maximum atomic E-state index is 13.4. The first-order valence-corrected chi connectivity index (χ1v) is 10.1.